The zero-order valence-electron chi connectivity index (χ0n) is 22.3. The number of rotatable bonds is 11. The van der Waals surface area contributed by atoms with Crippen molar-refractivity contribution in [2.75, 3.05) is 26.4 Å². The fourth-order valence-electron chi connectivity index (χ4n) is 4.64. The van der Waals surface area contributed by atoms with Crippen molar-refractivity contribution >= 4 is 16.9 Å². The van der Waals surface area contributed by atoms with E-state index < -0.39 is 6.04 Å². The fraction of sp³-hybridized carbons (Fsp3) is 0.400. The van der Waals surface area contributed by atoms with Crippen LogP contribution in [-0.4, -0.2) is 43.3 Å². The first-order chi connectivity index (χ1) is 17.8. The molecule has 0 fully saturated rings. The van der Waals surface area contributed by atoms with Crippen molar-refractivity contribution < 1.29 is 23.4 Å². The van der Waals surface area contributed by atoms with E-state index in [2.05, 4.69) is 6.58 Å². The molecule has 2 heterocycles. The minimum atomic E-state index is -0.614. The Hall–Kier alpha value is -3.58. The van der Waals surface area contributed by atoms with E-state index in [0.717, 1.165) is 16.7 Å². The Morgan fingerprint density at radius 1 is 1.08 bits per heavy atom. The quantitative estimate of drug-likeness (QED) is 0.245. The van der Waals surface area contributed by atoms with Crippen molar-refractivity contribution in [3.05, 3.63) is 81.2 Å². The summed E-state index contributed by atoms with van der Waals surface area (Å²) in [4.78, 5) is 29.2. The maximum absolute atomic E-state index is 13.9. The molecule has 196 valence electrons. The summed E-state index contributed by atoms with van der Waals surface area (Å²) < 4.78 is 23.4. The zero-order valence-corrected chi connectivity index (χ0v) is 22.3. The number of nitrogens with zero attached hydrogens (tertiary/aromatic N) is 1. The number of hydrogen-bond donors (Lipinski definition) is 0. The third-order valence-electron chi connectivity index (χ3n) is 6.52. The zero-order chi connectivity index (χ0) is 26.7. The van der Waals surface area contributed by atoms with Gasteiger partial charge in [-0.2, -0.15) is 0 Å². The van der Waals surface area contributed by atoms with Gasteiger partial charge < -0.3 is 23.5 Å². The van der Waals surface area contributed by atoms with Crippen LogP contribution in [0.2, 0.25) is 0 Å². The van der Waals surface area contributed by atoms with Gasteiger partial charge in [-0.15, -0.1) is 0 Å². The molecule has 4 rings (SSSR count). The van der Waals surface area contributed by atoms with Gasteiger partial charge in [0.25, 0.3) is 5.91 Å². The molecular weight excluding hydrogens is 470 g/mol. The highest BCUT2D eigenvalue weighted by atomic mass is 16.5. The van der Waals surface area contributed by atoms with Gasteiger partial charge in [0, 0.05) is 13.2 Å². The second-order valence-corrected chi connectivity index (χ2v) is 9.52. The van der Waals surface area contributed by atoms with Crippen LogP contribution in [0.15, 0.2) is 52.2 Å². The first kappa shape index (κ1) is 26.5. The minimum Gasteiger partial charge on any atom is -0.490 e. The Morgan fingerprint density at radius 3 is 2.54 bits per heavy atom. The van der Waals surface area contributed by atoms with Crippen molar-refractivity contribution in [3.8, 4) is 11.5 Å². The van der Waals surface area contributed by atoms with Crippen LogP contribution in [0.1, 0.15) is 66.0 Å². The Kier molecular flexibility index (Phi) is 8.03. The summed E-state index contributed by atoms with van der Waals surface area (Å²) in [6.07, 6.45) is 2.38. The number of hydrogen-bond acceptors (Lipinski definition) is 6. The molecule has 0 bridgehead atoms. The van der Waals surface area contributed by atoms with Gasteiger partial charge in [0.15, 0.2) is 16.9 Å². The third kappa shape index (κ3) is 5.27. The average molecular weight is 506 g/mol. The lowest BCUT2D eigenvalue weighted by Crippen LogP contribution is -2.31. The molecule has 0 saturated carbocycles. The largest absolute Gasteiger partial charge is 0.490 e. The number of aryl methyl sites for hydroxylation is 2. The standard InChI is InChI=1S/C30H35NO6/c1-7-13-36-23-11-10-21(17-25(23)34-8-2)27-26-28(32)22-15-19(5)20(6)16-24(22)37-29(26)30(33)31(27)12-9-14-35-18(3)4/h7,10-11,15-18,27H,1,8-9,12-14H2,2-6H3. The monoisotopic (exact) mass is 505 g/mol. The Morgan fingerprint density at radius 2 is 1.84 bits per heavy atom. The summed E-state index contributed by atoms with van der Waals surface area (Å²) in [5.41, 5.74) is 3.33. The van der Waals surface area contributed by atoms with E-state index in [1.165, 1.54) is 0 Å². The number of ether oxygens (including phenoxy) is 3. The van der Waals surface area contributed by atoms with E-state index in [1.807, 2.05) is 65.0 Å². The predicted octanol–water partition coefficient (Wildman–Crippen LogP) is 5.73. The van der Waals surface area contributed by atoms with Gasteiger partial charge in [-0.25, -0.2) is 0 Å². The van der Waals surface area contributed by atoms with Crippen LogP contribution >= 0.6 is 0 Å². The van der Waals surface area contributed by atoms with Crippen molar-refractivity contribution in [3.63, 3.8) is 0 Å². The van der Waals surface area contributed by atoms with Crippen LogP contribution in [0.3, 0.4) is 0 Å². The van der Waals surface area contributed by atoms with Gasteiger partial charge in [0.05, 0.1) is 29.7 Å². The second-order valence-electron chi connectivity index (χ2n) is 9.52. The predicted molar refractivity (Wildman–Crippen MR) is 144 cm³/mol. The number of carbonyl (C=O) groups excluding carboxylic acids is 1. The van der Waals surface area contributed by atoms with Crippen molar-refractivity contribution in [2.24, 2.45) is 0 Å². The molecule has 1 aliphatic heterocycles. The lowest BCUT2D eigenvalue weighted by molar-refractivity contribution is 0.0593. The van der Waals surface area contributed by atoms with Crippen LogP contribution in [0.5, 0.6) is 11.5 Å². The van der Waals surface area contributed by atoms with Gasteiger partial charge in [0.1, 0.15) is 12.2 Å². The van der Waals surface area contributed by atoms with Gasteiger partial charge >= 0.3 is 0 Å². The van der Waals surface area contributed by atoms with Crippen LogP contribution < -0.4 is 14.9 Å². The lowest BCUT2D eigenvalue weighted by Gasteiger charge is -2.26. The Balaban J connectivity index is 1.85. The summed E-state index contributed by atoms with van der Waals surface area (Å²) in [6.45, 7) is 15.2. The Bertz CT molecular complexity index is 1370. The normalized spacial score (nSPS) is 14.9. The fourth-order valence-corrected chi connectivity index (χ4v) is 4.64. The smallest absolute Gasteiger partial charge is 0.290 e. The molecule has 2 aromatic carbocycles. The van der Waals surface area contributed by atoms with Crippen LogP contribution in [0.25, 0.3) is 11.0 Å². The molecule has 1 aliphatic rings. The molecule has 7 nitrogen and oxygen atoms in total. The molecule has 1 aromatic heterocycles. The maximum atomic E-state index is 13.9. The molecule has 1 amide bonds. The lowest BCUT2D eigenvalue weighted by atomic mass is 9.97. The van der Waals surface area contributed by atoms with Crippen molar-refractivity contribution in [1.29, 1.82) is 0 Å². The third-order valence-corrected chi connectivity index (χ3v) is 6.52. The molecule has 0 saturated heterocycles. The minimum absolute atomic E-state index is 0.0964. The average Bonchev–Trinajstić information content (AvgIpc) is 3.14. The van der Waals surface area contributed by atoms with Crippen molar-refractivity contribution in [2.45, 2.75) is 53.2 Å². The first-order valence-electron chi connectivity index (χ1n) is 12.8. The molecule has 1 atom stereocenters. The van der Waals surface area contributed by atoms with Crippen molar-refractivity contribution in [1.82, 2.24) is 4.90 Å². The van der Waals surface area contributed by atoms with E-state index in [1.54, 1.807) is 11.0 Å². The van der Waals surface area contributed by atoms with Crippen LogP contribution in [0, 0.1) is 13.8 Å². The molecule has 0 aliphatic carbocycles. The highest BCUT2D eigenvalue weighted by Gasteiger charge is 2.42. The summed E-state index contributed by atoms with van der Waals surface area (Å²) >= 11 is 0. The molecule has 7 heteroatoms. The molecule has 0 N–H and O–H groups in total. The SMILES string of the molecule is C=CCOc1ccc(C2c3c(oc4cc(C)c(C)cc4c3=O)C(=O)N2CCCOC(C)C)cc1OCC. The van der Waals surface area contributed by atoms with Gasteiger partial charge in [-0.3, -0.25) is 9.59 Å². The van der Waals surface area contributed by atoms with E-state index >= 15 is 0 Å². The highest BCUT2D eigenvalue weighted by Crippen LogP contribution is 2.41. The molecule has 0 spiro atoms. The number of carbonyl (C=O) groups is 1. The summed E-state index contributed by atoms with van der Waals surface area (Å²) in [7, 11) is 0. The molecule has 0 radical (unpaired) electrons. The Labute approximate surface area is 217 Å². The molecular formula is C30H35NO6. The summed E-state index contributed by atoms with van der Waals surface area (Å²) in [5.74, 6) is 0.915. The molecule has 1 unspecified atom stereocenters. The number of benzene rings is 2. The van der Waals surface area contributed by atoms with E-state index in [9.17, 15) is 9.59 Å². The van der Waals surface area contributed by atoms with E-state index in [-0.39, 0.29) is 23.2 Å². The maximum Gasteiger partial charge on any atom is 0.290 e. The van der Waals surface area contributed by atoms with Gasteiger partial charge in [0.2, 0.25) is 5.76 Å². The topological polar surface area (TPSA) is 78.2 Å². The first-order valence-corrected chi connectivity index (χ1v) is 12.8. The number of fused-ring (bicyclic) bond motifs is 2. The molecule has 37 heavy (non-hydrogen) atoms. The number of amides is 1. The van der Waals surface area contributed by atoms with E-state index in [4.69, 9.17) is 18.6 Å². The van der Waals surface area contributed by atoms with Crippen LogP contribution in [-0.2, 0) is 4.74 Å². The highest BCUT2D eigenvalue weighted by molar-refractivity contribution is 5.99. The van der Waals surface area contributed by atoms with E-state index in [0.29, 0.717) is 60.8 Å². The van der Waals surface area contributed by atoms with Gasteiger partial charge in [-0.1, -0.05) is 18.7 Å². The van der Waals surface area contributed by atoms with Gasteiger partial charge in [-0.05, 0) is 82.0 Å². The molecule has 3 aromatic rings. The van der Waals surface area contributed by atoms with Crippen LogP contribution in [0.4, 0.5) is 0 Å². The second kappa shape index (κ2) is 11.2. The summed E-state index contributed by atoms with van der Waals surface area (Å²) in [5, 5.41) is 0.473. The summed E-state index contributed by atoms with van der Waals surface area (Å²) in [6, 6.07) is 8.58.